The van der Waals surface area contributed by atoms with Crippen LogP contribution in [-0.2, 0) is 12.8 Å². The van der Waals surface area contributed by atoms with Crippen molar-refractivity contribution in [1.29, 1.82) is 0 Å². The fourth-order valence-corrected chi connectivity index (χ4v) is 3.03. The summed E-state index contributed by atoms with van der Waals surface area (Å²) in [6.07, 6.45) is 4.66. The molecule has 0 bridgehead atoms. The van der Waals surface area contributed by atoms with Crippen molar-refractivity contribution in [3.63, 3.8) is 0 Å². The van der Waals surface area contributed by atoms with Crippen molar-refractivity contribution in [1.82, 2.24) is 10.6 Å². The smallest absolute Gasteiger partial charge is 0.00791 e. The van der Waals surface area contributed by atoms with Gasteiger partial charge in [-0.3, -0.25) is 0 Å². The van der Waals surface area contributed by atoms with Gasteiger partial charge in [0.15, 0.2) is 0 Å². The largest absolute Gasteiger partial charge is 0.314 e. The fourth-order valence-electron chi connectivity index (χ4n) is 3.03. The zero-order valence-corrected chi connectivity index (χ0v) is 15.2. The number of unbranched alkanes of at least 4 members (excludes halogenated alkanes) is 1. The third kappa shape index (κ3) is 7.76. The summed E-state index contributed by atoms with van der Waals surface area (Å²) >= 11 is 0. The van der Waals surface area contributed by atoms with Gasteiger partial charge in [0.25, 0.3) is 0 Å². The van der Waals surface area contributed by atoms with Crippen molar-refractivity contribution in [2.75, 3.05) is 13.1 Å². The topological polar surface area (TPSA) is 24.1 Å². The molecule has 2 nitrogen and oxygen atoms in total. The molecule has 0 amide bonds. The highest BCUT2D eigenvalue weighted by Crippen LogP contribution is 2.04. The summed E-state index contributed by atoms with van der Waals surface area (Å²) in [5, 5.41) is 7.26. The second-order valence-corrected chi connectivity index (χ2v) is 6.80. The molecule has 0 radical (unpaired) electrons. The molecule has 0 aliphatic carbocycles. The number of rotatable bonds is 11. The normalized spacial score (nSPS) is 13.6. The second kappa shape index (κ2) is 11.0. The highest BCUT2D eigenvalue weighted by molar-refractivity contribution is 5.16. The second-order valence-electron chi connectivity index (χ2n) is 6.80. The van der Waals surface area contributed by atoms with Crippen molar-refractivity contribution >= 4 is 0 Å². The van der Waals surface area contributed by atoms with Crippen LogP contribution in [0.15, 0.2) is 60.7 Å². The summed E-state index contributed by atoms with van der Waals surface area (Å²) in [7, 11) is 0. The van der Waals surface area contributed by atoms with Gasteiger partial charge in [0, 0.05) is 12.1 Å². The van der Waals surface area contributed by atoms with Crippen LogP contribution in [0.2, 0.25) is 0 Å². The predicted molar refractivity (Wildman–Crippen MR) is 104 cm³/mol. The van der Waals surface area contributed by atoms with E-state index < -0.39 is 0 Å². The maximum absolute atomic E-state index is 3.63. The van der Waals surface area contributed by atoms with E-state index in [1.165, 1.54) is 24.0 Å². The zero-order valence-electron chi connectivity index (χ0n) is 15.2. The van der Waals surface area contributed by atoms with Gasteiger partial charge in [-0.2, -0.15) is 0 Å². The van der Waals surface area contributed by atoms with Crippen LogP contribution in [0.25, 0.3) is 0 Å². The molecule has 0 heterocycles. The van der Waals surface area contributed by atoms with E-state index in [2.05, 4.69) is 85.1 Å². The molecule has 24 heavy (non-hydrogen) atoms. The lowest BCUT2D eigenvalue weighted by atomic mass is 10.1. The summed E-state index contributed by atoms with van der Waals surface area (Å²) in [5.74, 6) is 0. The molecule has 0 saturated carbocycles. The molecule has 0 spiro atoms. The Morgan fingerprint density at radius 1 is 0.625 bits per heavy atom. The SMILES string of the molecule is CC(Cc1ccccc1)NCCCCNC(C)Cc1ccccc1. The van der Waals surface area contributed by atoms with Crippen molar-refractivity contribution in [2.24, 2.45) is 0 Å². The average Bonchev–Trinajstić information content (AvgIpc) is 2.60. The van der Waals surface area contributed by atoms with Gasteiger partial charge in [0.05, 0.1) is 0 Å². The molecule has 0 aromatic heterocycles. The molecule has 0 aliphatic heterocycles. The van der Waals surface area contributed by atoms with E-state index in [1.807, 2.05) is 0 Å². The molecule has 2 aromatic rings. The number of hydrogen-bond donors (Lipinski definition) is 2. The van der Waals surface area contributed by atoms with Crippen LogP contribution in [0.3, 0.4) is 0 Å². The highest BCUT2D eigenvalue weighted by Gasteiger charge is 2.03. The monoisotopic (exact) mass is 324 g/mol. The minimum Gasteiger partial charge on any atom is -0.314 e. The van der Waals surface area contributed by atoms with Crippen molar-refractivity contribution in [2.45, 2.75) is 51.6 Å². The van der Waals surface area contributed by atoms with Gasteiger partial charge in [-0.1, -0.05) is 60.7 Å². The Kier molecular flexibility index (Phi) is 8.58. The molecule has 0 aliphatic rings. The van der Waals surface area contributed by atoms with Crippen LogP contribution in [0.1, 0.15) is 37.8 Å². The first kappa shape index (κ1) is 18.7. The maximum atomic E-state index is 3.63. The summed E-state index contributed by atoms with van der Waals surface area (Å²) in [4.78, 5) is 0. The molecule has 0 saturated heterocycles. The molecule has 2 heteroatoms. The van der Waals surface area contributed by atoms with Crippen LogP contribution in [0.4, 0.5) is 0 Å². The van der Waals surface area contributed by atoms with Crippen LogP contribution >= 0.6 is 0 Å². The minimum absolute atomic E-state index is 0.539. The summed E-state index contributed by atoms with van der Waals surface area (Å²) in [6, 6.07) is 22.5. The Morgan fingerprint density at radius 2 is 1.00 bits per heavy atom. The third-order valence-corrected chi connectivity index (χ3v) is 4.36. The standard InChI is InChI=1S/C22H32N2/c1-19(17-21-11-5-3-6-12-21)23-15-9-10-16-24-20(2)18-22-13-7-4-8-14-22/h3-8,11-14,19-20,23-24H,9-10,15-18H2,1-2H3. The average molecular weight is 325 g/mol. The van der Waals surface area contributed by atoms with Gasteiger partial charge in [-0.15, -0.1) is 0 Å². The highest BCUT2D eigenvalue weighted by atomic mass is 14.9. The van der Waals surface area contributed by atoms with E-state index in [4.69, 9.17) is 0 Å². The van der Waals surface area contributed by atoms with Gasteiger partial charge in [0.1, 0.15) is 0 Å². The third-order valence-electron chi connectivity index (χ3n) is 4.36. The first-order chi connectivity index (χ1) is 11.7. The fraction of sp³-hybridized carbons (Fsp3) is 0.455. The minimum atomic E-state index is 0.539. The van der Waals surface area contributed by atoms with Crippen LogP contribution in [-0.4, -0.2) is 25.2 Å². The van der Waals surface area contributed by atoms with E-state index in [-0.39, 0.29) is 0 Å². The lowest BCUT2D eigenvalue weighted by Gasteiger charge is -2.15. The molecule has 2 rings (SSSR count). The summed E-state index contributed by atoms with van der Waals surface area (Å²) < 4.78 is 0. The molecule has 2 atom stereocenters. The van der Waals surface area contributed by atoms with E-state index >= 15 is 0 Å². The van der Waals surface area contributed by atoms with Crippen molar-refractivity contribution in [3.05, 3.63) is 71.8 Å². The van der Waals surface area contributed by atoms with Gasteiger partial charge in [-0.05, 0) is 63.7 Å². The lowest BCUT2D eigenvalue weighted by Crippen LogP contribution is -2.31. The quantitative estimate of drug-likeness (QED) is 0.605. The first-order valence-electron chi connectivity index (χ1n) is 9.28. The summed E-state index contributed by atoms with van der Waals surface area (Å²) in [5.41, 5.74) is 2.82. The summed E-state index contributed by atoms with van der Waals surface area (Å²) in [6.45, 7) is 6.74. The van der Waals surface area contributed by atoms with Gasteiger partial charge < -0.3 is 10.6 Å². The molecular formula is C22H32N2. The molecular weight excluding hydrogens is 292 g/mol. The van der Waals surface area contributed by atoms with Crippen LogP contribution < -0.4 is 10.6 Å². The molecule has 2 N–H and O–H groups in total. The Morgan fingerprint density at radius 3 is 1.38 bits per heavy atom. The van der Waals surface area contributed by atoms with E-state index in [1.54, 1.807) is 0 Å². The van der Waals surface area contributed by atoms with Crippen molar-refractivity contribution in [3.8, 4) is 0 Å². The van der Waals surface area contributed by atoms with Crippen LogP contribution in [0.5, 0.6) is 0 Å². The Bertz CT molecular complexity index is 487. The Hall–Kier alpha value is -1.64. The number of hydrogen-bond acceptors (Lipinski definition) is 2. The molecule has 130 valence electrons. The van der Waals surface area contributed by atoms with Crippen LogP contribution in [0, 0.1) is 0 Å². The first-order valence-corrected chi connectivity index (χ1v) is 9.28. The molecule has 2 aromatic carbocycles. The van der Waals surface area contributed by atoms with Gasteiger partial charge in [-0.25, -0.2) is 0 Å². The number of benzene rings is 2. The Balaban J connectivity index is 1.49. The predicted octanol–water partition coefficient (Wildman–Crippen LogP) is 4.21. The Labute approximate surface area is 147 Å². The van der Waals surface area contributed by atoms with E-state index in [9.17, 15) is 0 Å². The van der Waals surface area contributed by atoms with Crippen molar-refractivity contribution < 1.29 is 0 Å². The van der Waals surface area contributed by atoms with Gasteiger partial charge >= 0.3 is 0 Å². The van der Waals surface area contributed by atoms with E-state index in [0.717, 1.165) is 25.9 Å². The number of nitrogens with one attached hydrogen (secondary N) is 2. The van der Waals surface area contributed by atoms with Gasteiger partial charge in [0.2, 0.25) is 0 Å². The lowest BCUT2D eigenvalue weighted by molar-refractivity contribution is 0.492. The van der Waals surface area contributed by atoms with E-state index in [0.29, 0.717) is 12.1 Å². The zero-order chi connectivity index (χ0) is 17.0. The maximum Gasteiger partial charge on any atom is 0.00791 e. The molecule has 2 unspecified atom stereocenters. The molecule has 0 fully saturated rings.